The van der Waals surface area contributed by atoms with Crippen LogP contribution in [-0.4, -0.2) is 15.6 Å². The van der Waals surface area contributed by atoms with E-state index in [0.717, 1.165) is 18.6 Å². The van der Waals surface area contributed by atoms with E-state index in [4.69, 9.17) is 16.3 Å². The molecular formula is C25H20ClF3N4O3. The lowest BCUT2D eigenvalue weighted by molar-refractivity contribution is -0.137. The highest BCUT2D eigenvalue weighted by molar-refractivity contribution is 6.31. The number of aromatic nitrogens is 2. The number of hydrogen-bond acceptors (Lipinski definition) is 4. The number of rotatable bonds is 6. The van der Waals surface area contributed by atoms with Crippen LogP contribution >= 0.6 is 11.6 Å². The summed E-state index contributed by atoms with van der Waals surface area (Å²) >= 11 is 5.60. The molecule has 4 rings (SSSR count). The molecule has 0 fully saturated rings. The third-order valence-corrected chi connectivity index (χ3v) is 5.47. The largest absolute Gasteiger partial charge is 0.457 e. The Labute approximate surface area is 208 Å². The second kappa shape index (κ2) is 10.3. The summed E-state index contributed by atoms with van der Waals surface area (Å²) in [5.41, 5.74) is -0.311. The zero-order valence-corrected chi connectivity index (χ0v) is 19.7. The van der Waals surface area contributed by atoms with E-state index in [2.05, 4.69) is 15.6 Å². The molecular weight excluding hydrogens is 497 g/mol. The molecule has 0 saturated heterocycles. The number of amides is 2. The normalized spacial score (nSPS) is 11.4. The lowest BCUT2D eigenvalue weighted by Gasteiger charge is -2.12. The van der Waals surface area contributed by atoms with Gasteiger partial charge in [-0.1, -0.05) is 18.5 Å². The number of alkyl halides is 3. The highest BCUT2D eigenvalue weighted by atomic mass is 35.5. The van der Waals surface area contributed by atoms with Crippen LogP contribution in [0.5, 0.6) is 11.5 Å². The first kappa shape index (κ1) is 25.1. The van der Waals surface area contributed by atoms with E-state index in [1.54, 1.807) is 47.0 Å². The second-order valence-corrected chi connectivity index (χ2v) is 8.23. The lowest BCUT2D eigenvalue weighted by Crippen LogP contribution is -2.20. The third kappa shape index (κ3) is 5.77. The Morgan fingerprint density at radius 1 is 1.00 bits per heavy atom. The van der Waals surface area contributed by atoms with Crippen LogP contribution in [0, 0.1) is 0 Å². The number of fused-ring (bicyclic) bond motifs is 1. The Morgan fingerprint density at radius 3 is 2.36 bits per heavy atom. The molecule has 36 heavy (non-hydrogen) atoms. The standard InChI is InChI=1S/C25H20ClF3N4O3/c1-2-11-33-14-30-22-10-8-18(13-19(22)23(33)34)36-17-6-3-15(4-7-17)31-24(35)32-16-5-9-21(26)20(12-16)25(27,28)29/h3-10,12-14H,2,11H2,1H3,(H2,31,32,35). The first-order chi connectivity index (χ1) is 17.1. The number of anilines is 2. The molecule has 3 aromatic carbocycles. The number of aryl methyl sites for hydroxylation is 1. The fourth-order valence-corrected chi connectivity index (χ4v) is 3.68. The summed E-state index contributed by atoms with van der Waals surface area (Å²) in [5, 5.41) is 4.85. The van der Waals surface area contributed by atoms with Gasteiger partial charge in [0.05, 0.1) is 27.8 Å². The van der Waals surface area contributed by atoms with Crippen molar-refractivity contribution in [2.45, 2.75) is 26.1 Å². The molecule has 0 spiro atoms. The quantitative estimate of drug-likeness (QED) is 0.291. The number of nitrogens with zero attached hydrogens (tertiary/aromatic N) is 2. The maximum atomic E-state index is 13.0. The lowest BCUT2D eigenvalue weighted by atomic mass is 10.2. The molecule has 2 N–H and O–H groups in total. The smallest absolute Gasteiger partial charge is 0.417 e. The fourth-order valence-electron chi connectivity index (χ4n) is 3.46. The molecule has 7 nitrogen and oxygen atoms in total. The van der Waals surface area contributed by atoms with E-state index in [9.17, 15) is 22.8 Å². The minimum absolute atomic E-state index is 0.0621. The predicted octanol–water partition coefficient (Wildman–Crippen LogP) is 6.92. The Hall–Kier alpha value is -4.05. The zero-order chi connectivity index (χ0) is 25.9. The number of carbonyl (C=O) groups excluding carboxylic acids is 1. The van der Waals surface area contributed by atoms with Crippen molar-refractivity contribution < 1.29 is 22.7 Å². The summed E-state index contributed by atoms with van der Waals surface area (Å²) in [7, 11) is 0. The van der Waals surface area contributed by atoms with Crippen molar-refractivity contribution in [2.24, 2.45) is 0 Å². The zero-order valence-electron chi connectivity index (χ0n) is 18.9. The minimum Gasteiger partial charge on any atom is -0.457 e. The molecule has 1 heterocycles. The topological polar surface area (TPSA) is 85.2 Å². The van der Waals surface area contributed by atoms with Crippen molar-refractivity contribution in [3.63, 3.8) is 0 Å². The molecule has 0 aliphatic carbocycles. The van der Waals surface area contributed by atoms with Gasteiger partial charge >= 0.3 is 12.2 Å². The average Bonchev–Trinajstić information content (AvgIpc) is 2.83. The van der Waals surface area contributed by atoms with E-state index in [0.29, 0.717) is 34.6 Å². The monoisotopic (exact) mass is 516 g/mol. The molecule has 11 heteroatoms. The molecule has 1 aromatic heterocycles. The second-order valence-electron chi connectivity index (χ2n) is 7.82. The Kier molecular flexibility index (Phi) is 7.16. The molecule has 0 aliphatic rings. The van der Waals surface area contributed by atoms with E-state index in [-0.39, 0.29) is 11.2 Å². The summed E-state index contributed by atoms with van der Waals surface area (Å²) in [6.45, 7) is 2.54. The first-order valence-electron chi connectivity index (χ1n) is 10.9. The molecule has 0 atom stereocenters. The highest BCUT2D eigenvalue weighted by Gasteiger charge is 2.33. The number of hydrogen-bond donors (Lipinski definition) is 2. The first-order valence-corrected chi connectivity index (χ1v) is 11.2. The Balaban J connectivity index is 1.42. The van der Waals surface area contributed by atoms with Crippen LogP contribution in [0.2, 0.25) is 5.02 Å². The Bertz CT molecular complexity index is 1470. The van der Waals surface area contributed by atoms with E-state index in [1.165, 1.54) is 12.4 Å². The number of benzene rings is 3. The number of urea groups is 1. The molecule has 186 valence electrons. The van der Waals surface area contributed by atoms with Gasteiger partial charge in [-0.15, -0.1) is 0 Å². The van der Waals surface area contributed by atoms with E-state index in [1.807, 2.05) is 6.92 Å². The number of ether oxygens (including phenoxy) is 1. The van der Waals surface area contributed by atoms with Gasteiger partial charge in [0.2, 0.25) is 0 Å². The molecule has 0 aliphatic heterocycles. The van der Waals surface area contributed by atoms with Gasteiger partial charge in [0.15, 0.2) is 0 Å². The van der Waals surface area contributed by atoms with Crippen LogP contribution in [0.4, 0.5) is 29.3 Å². The Morgan fingerprint density at radius 2 is 1.67 bits per heavy atom. The SMILES string of the molecule is CCCn1cnc2ccc(Oc3ccc(NC(=O)Nc4ccc(Cl)c(C(F)(F)F)c4)cc3)cc2c1=O. The van der Waals surface area contributed by atoms with Crippen molar-refractivity contribution in [1.29, 1.82) is 0 Å². The van der Waals surface area contributed by atoms with Gasteiger partial charge in [-0.2, -0.15) is 13.2 Å². The number of nitrogens with one attached hydrogen (secondary N) is 2. The van der Waals surface area contributed by atoms with Gasteiger partial charge in [0.1, 0.15) is 11.5 Å². The maximum Gasteiger partial charge on any atom is 0.417 e. The summed E-state index contributed by atoms with van der Waals surface area (Å²) in [4.78, 5) is 29.2. The summed E-state index contributed by atoms with van der Waals surface area (Å²) in [6.07, 6.45) is -2.32. The minimum atomic E-state index is -4.64. The maximum absolute atomic E-state index is 13.0. The van der Waals surface area contributed by atoms with Crippen LogP contribution in [0.25, 0.3) is 10.9 Å². The van der Waals surface area contributed by atoms with Gasteiger partial charge in [0, 0.05) is 17.9 Å². The number of halogens is 4. The molecule has 0 radical (unpaired) electrons. The van der Waals surface area contributed by atoms with Crippen LogP contribution in [0.3, 0.4) is 0 Å². The van der Waals surface area contributed by atoms with Crippen LogP contribution in [0.1, 0.15) is 18.9 Å². The van der Waals surface area contributed by atoms with E-state index >= 15 is 0 Å². The van der Waals surface area contributed by atoms with Crippen molar-refractivity contribution in [3.8, 4) is 11.5 Å². The van der Waals surface area contributed by atoms with Gasteiger partial charge < -0.3 is 15.4 Å². The van der Waals surface area contributed by atoms with Crippen molar-refractivity contribution >= 4 is 39.9 Å². The summed E-state index contributed by atoms with van der Waals surface area (Å²) in [5.74, 6) is 0.892. The summed E-state index contributed by atoms with van der Waals surface area (Å²) in [6, 6.07) is 13.7. The molecule has 0 unspecified atom stereocenters. The number of carbonyl (C=O) groups is 1. The van der Waals surface area contributed by atoms with E-state index < -0.39 is 22.8 Å². The third-order valence-electron chi connectivity index (χ3n) is 5.14. The molecule has 2 amide bonds. The van der Waals surface area contributed by atoms with Crippen LogP contribution in [-0.2, 0) is 12.7 Å². The average molecular weight is 517 g/mol. The van der Waals surface area contributed by atoms with Gasteiger partial charge in [-0.25, -0.2) is 9.78 Å². The fraction of sp³-hybridized carbons (Fsp3) is 0.160. The van der Waals surface area contributed by atoms with Crippen molar-refractivity contribution in [2.75, 3.05) is 10.6 Å². The van der Waals surface area contributed by atoms with Crippen molar-refractivity contribution in [1.82, 2.24) is 9.55 Å². The summed E-state index contributed by atoms with van der Waals surface area (Å²) < 4.78 is 46.4. The van der Waals surface area contributed by atoms with Gasteiger partial charge in [0.25, 0.3) is 5.56 Å². The highest BCUT2D eigenvalue weighted by Crippen LogP contribution is 2.36. The molecule has 4 aromatic rings. The van der Waals surface area contributed by atoms with Gasteiger partial charge in [-0.05, 0) is 67.1 Å². The van der Waals surface area contributed by atoms with Gasteiger partial charge in [-0.3, -0.25) is 9.36 Å². The predicted molar refractivity (Wildman–Crippen MR) is 132 cm³/mol. The van der Waals surface area contributed by atoms with Crippen molar-refractivity contribution in [3.05, 3.63) is 87.9 Å². The molecule has 0 bridgehead atoms. The van der Waals surface area contributed by atoms with Crippen LogP contribution in [0.15, 0.2) is 71.8 Å². The molecule has 0 saturated carbocycles. The van der Waals surface area contributed by atoms with Crippen LogP contribution < -0.4 is 20.9 Å².